The number of fused-ring (bicyclic) bond motifs is 1. The molecular weight excluding hydrogens is 130 g/mol. The molecule has 2 aliphatic rings. The minimum absolute atomic E-state index is 0.00231. The summed E-state index contributed by atoms with van der Waals surface area (Å²) in [5, 5.41) is 9.79. The number of hydrogen-bond donors (Lipinski definition) is 2. The smallest absolute Gasteiger partial charge is 0.249 e. The van der Waals surface area contributed by atoms with Crippen molar-refractivity contribution < 1.29 is 4.79 Å². The summed E-state index contributed by atoms with van der Waals surface area (Å²) in [6.45, 7) is 0.863. The monoisotopic (exact) mass is 139 g/mol. The second kappa shape index (κ2) is 1.71. The van der Waals surface area contributed by atoms with E-state index in [4.69, 9.17) is 5.41 Å². The maximum absolute atomic E-state index is 11.0. The average Bonchev–Trinajstić information content (AvgIpc) is 2.39. The van der Waals surface area contributed by atoms with Crippen molar-refractivity contribution in [3.8, 4) is 0 Å². The average molecular weight is 139 g/mol. The van der Waals surface area contributed by atoms with E-state index in [1.165, 1.54) is 0 Å². The van der Waals surface area contributed by atoms with Crippen LogP contribution in [0.25, 0.3) is 0 Å². The van der Waals surface area contributed by atoms with Crippen LogP contribution in [0.4, 0.5) is 0 Å². The fourth-order valence-corrected chi connectivity index (χ4v) is 1.58. The Morgan fingerprint density at radius 2 is 2.50 bits per heavy atom. The van der Waals surface area contributed by atoms with E-state index >= 15 is 0 Å². The molecule has 2 fully saturated rings. The third-order valence-electron chi connectivity index (χ3n) is 2.08. The highest BCUT2D eigenvalue weighted by molar-refractivity contribution is 6.05. The molecule has 10 heavy (non-hydrogen) atoms. The van der Waals surface area contributed by atoms with Crippen LogP contribution in [-0.4, -0.2) is 29.4 Å². The SMILES string of the molecule is N=C1NC(=O)C2CCCN12. The van der Waals surface area contributed by atoms with E-state index in [1.54, 1.807) is 0 Å². The Morgan fingerprint density at radius 1 is 1.70 bits per heavy atom. The van der Waals surface area contributed by atoms with Gasteiger partial charge in [0, 0.05) is 6.54 Å². The van der Waals surface area contributed by atoms with Gasteiger partial charge in [-0.2, -0.15) is 0 Å². The first kappa shape index (κ1) is 5.70. The van der Waals surface area contributed by atoms with E-state index in [2.05, 4.69) is 5.32 Å². The lowest BCUT2D eigenvalue weighted by atomic mass is 10.2. The van der Waals surface area contributed by atoms with Gasteiger partial charge >= 0.3 is 0 Å². The summed E-state index contributed by atoms with van der Waals surface area (Å²) in [6.07, 6.45) is 1.95. The molecule has 0 aromatic heterocycles. The quantitative estimate of drug-likeness (QED) is 0.476. The summed E-state index contributed by atoms with van der Waals surface area (Å²) >= 11 is 0. The molecule has 0 aliphatic carbocycles. The number of guanidine groups is 1. The fraction of sp³-hybridized carbons (Fsp3) is 0.667. The standard InChI is InChI=1S/C6H9N3O/c7-6-8-5(10)4-2-1-3-9(4)6/h4H,1-3H2,(H2,7,8,10). The normalized spacial score (nSPS) is 30.8. The van der Waals surface area contributed by atoms with Gasteiger partial charge in [0.2, 0.25) is 5.91 Å². The molecule has 1 unspecified atom stereocenters. The highest BCUT2D eigenvalue weighted by Crippen LogP contribution is 2.20. The molecule has 0 saturated carbocycles. The highest BCUT2D eigenvalue weighted by atomic mass is 16.2. The van der Waals surface area contributed by atoms with Crippen LogP contribution in [0.2, 0.25) is 0 Å². The van der Waals surface area contributed by atoms with Gasteiger partial charge in [0.05, 0.1) is 0 Å². The van der Waals surface area contributed by atoms with E-state index in [0.29, 0.717) is 0 Å². The molecule has 1 atom stereocenters. The third-order valence-corrected chi connectivity index (χ3v) is 2.08. The molecule has 4 nitrogen and oxygen atoms in total. The number of carbonyl (C=O) groups excluding carboxylic acids is 1. The molecule has 2 heterocycles. The third kappa shape index (κ3) is 0.558. The summed E-state index contributed by atoms with van der Waals surface area (Å²) in [7, 11) is 0. The first-order chi connectivity index (χ1) is 4.79. The Labute approximate surface area is 58.7 Å². The number of rotatable bonds is 0. The molecule has 0 aromatic carbocycles. The zero-order valence-electron chi connectivity index (χ0n) is 5.55. The van der Waals surface area contributed by atoms with Gasteiger partial charge in [0.25, 0.3) is 0 Å². The van der Waals surface area contributed by atoms with Crippen molar-refractivity contribution in [3.05, 3.63) is 0 Å². The maximum Gasteiger partial charge on any atom is 0.249 e. The summed E-state index contributed by atoms with van der Waals surface area (Å²) in [5.41, 5.74) is 0. The van der Waals surface area contributed by atoms with Crippen molar-refractivity contribution in [3.63, 3.8) is 0 Å². The minimum atomic E-state index is -0.0208. The first-order valence-electron chi connectivity index (χ1n) is 3.45. The van der Waals surface area contributed by atoms with Gasteiger partial charge in [0.1, 0.15) is 6.04 Å². The van der Waals surface area contributed by atoms with Gasteiger partial charge in [0.15, 0.2) is 5.96 Å². The Bertz CT molecular complexity index is 181. The Hall–Kier alpha value is -1.06. The molecule has 4 heteroatoms. The molecule has 0 radical (unpaired) electrons. The number of nitrogens with zero attached hydrogens (tertiary/aromatic N) is 1. The molecule has 0 aromatic rings. The van der Waals surface area contributed by atoms with Gasteiger partial charge in [-0.25, -0.2) is 0 Å². The first-order valence-corrected chi connectivity index (χ1v) is 3.45. The summed E-state index contributed by atoms with van der Waals surface area (Å²) in [4.78, 5) is 12.8. The molecule has 2 aliphatic heterocycles. The van der Waals surface area contributed by atoms with Gasteiger partial charge in [-0.1, -0.05) is 0 Å². The van der Waals surface area contributed by atoms with E-state index in [0.717, 1.165) is 19.4 Å². The summed E-state index contributed by atoms with van der Waals surface area (Å²) in [5.74, 6) is 0.287. The second-order valence-electron chi connectivity index (χ2n) is 2.69. The van der Waals surface area contributed by atoms with Crippen LogP contribution in [0.5, 0.6) is 0 Å². The molecule has 2 N–H and O–H groups in total. The fourth-order valence-electron chi connectivity index (χ4n) is 1.58. The molecule has 2 saturated heterocycles. The lowest BCUT2D eigenvalue weighted by Gasteiger charge is -2.11. The largest absolute Gasteiger partial charge is 0.331 e. The van der Waals surface area contributed by atoms with Crippen LogP contribution < -0.4 is 5.32 Å². The topological polar surface area (TPSA) is 56.2 Å². The van der Waals surface area contributed by atoms with Gasteiger partial charge in [-0.3, -0.25) is 15.5 Å². The van der Waals surface area contributed by atoms with E-state index < -0.39 is 0 Å². The highest BCUT2D eigenvalue weighted by Gasteiger charge is 2.38. The predicted octanol–water partition coefficient (Wildman–Crippen LogP) is -0.485. The van der Waals surface area contributed by atoms with Crippen LogP contribution in [0.1, 0.15) is 12.8 Å². The molecule has 2 rings (SSSR count). The van der Waals surface area contributed by atoms with Crippen LogP contribution in [-0.2, 0) is 4.79 Å². The number of nitrogens with one attached hydrogen (secondary N) is 2. The number of carbonyl (C=O) groups is 1. The van der Waals surface area contributed by atoms with Crippen molar-refractivity contribution in [2.75, 3.05) is 6.54 Å². The number of hydrogen-bond acceptors (Lipinski definition) is 2. The van der Waals surface area contributed by atoms with Crippen molar-refractivity contribution in [1.29, 1.82) is 5.41 Å². The molecule has 0 spiro atoms. The lowest BCUT2D eigenvalue weighted by Crippen LogP contribution is -2.29. The Kier molecular flexibility index (Phi) is 0.977. The van der Waals surface area contributed by atoms with Gasteiger partial charge in [-0.15, -0.1) is 0 Å². The zero-order chi connectivity index (χ0) is 7.14. The molecule has 54 valence electrons. The van der Waals surface area contributed by atoms with Crippen LogP contribution >= 0.6 is 0 Å². The second-order valence-corrected chi connectivity index (χ2v) is 2.69. The van der Waals surface area contributed by atoms with Crippen molar-refractivity contribution in [1.82, 2.24) is 10.2 Å². The summed E-state index contributed by atoms with van der Waals surface area (Å²) < 4.78 is 0. The van der Waals surface area contributed by atoms with Gasteiger partial charge in [-0.05, 0) is 12.8 Å². The van der Waals surface area contributed by atoms with Crippen LogP contribution in [0.15, 0.2) is 0 Å². The molecular formula is C6H9N3O. The van der Waals surface area contributed by atoms with E-state index in [1.807, 2.05) is 4.90 Å². The number of amides is 1. The molecule has 1 amide bonds. The summed E-state index contributed by atoms with van der Waals surface area (Å²) in [6, 6.07) is -0.0208. The Morgan fingerprint density at radius 3 is 3.20 bits per heavy atom. The Balaban J connectivity index is 2.27. The van der Waals surface area contributed by atoms with Crippen LogP contribution in [0.3, 0.4) is 0 Å². The van der Waals surface area contributed by atoms with Crippen molar-refractivity contribution in [2.45, 2.75) is 18.9 Å². The van der Waals surface area contributed by atoms with Crippen molar-refractivity contribution in [2.24, 2.45) is 0 Å². The predicted molar refractivity (Wildman–Crippen MR) is 35.6 cm³/mol. The maximum atomic E-state index is 11.0. The van der Waals surface area contributed by atoms with E-state index in [-0.39, 0.29) is 17.9 Å². The molecule has 0 bridgehead atoms. The van der Waals surface area contributed by atoms with Crippen LogP contribution in [0, 0.1) is 5.41 Å². The lowest BCUT2D eigenvalue weighted by molar-refractivity contribution is -0.120. The van der Waals surface area contributed by atoms with Gasteiger partial charge < -0.3 is 4.90 Å². The van der Waals surface area contributed by atoms with Crippen molar-refractivity contribution >= 4 is 11.9 Å². The minimum Gasteiger partial charge on any atom is -0.331 e. The van der Waals surface area contributed by atoms with E-state index in [9.17, 15) is 4.79 Å². The zero-order valence-corrected chi connectivity index (χ0v) is 5.55.